The molecule has 1 atom stereocenters. The van der Waals surface area contributed by atoms with E-state index in [1.807, 2.05) is 4.90 Å². The molecule has 0 aromatic carbocycles. The Bertz CT molecular complexity index is 1150. The lowest BCUT2D eigenvalue weighted by Crippen LogP contribution is -2.44. The Hall–Kier alpha value is -2.74. The Morgan fingerprint density at radius 2 is 2.03 bits per heavy atom. The number of carbonyl (C=O) groups is 1. The summed E-state index contributed by atoms with van der Waals surface area (Å²) in [7, 11) is 0. The highest BCUT2D eigenvalue weighted by Crippen LogP contribution is 2.29. The molecule has 4 heterocycles. The number of piperidine rings is 1. The van der Waals surface area contributed by atoms with Gasteiger partial charge >= 0.3 is 0 Å². The molecule has 1 aliphatic carbocycles. The third-order valence-electron chi connectivity index (χ3n) is 6.83. The van der Waals surface area contributed by atoms with Crippen LogP contribution in [0.2, 0.25) is 5.02 Å². The van der Waals surface area contributed by atoms with Gasteiger partial charge in [0.25, 0.3) is 0 Å². The highest BCUT2D eigenvalue weighted by molar-refractivity contribution is 6.31. The molecule has 2 fully saturated rings. The van der Waals surface area contributed by atoms with E-state index in [0.717, 1.165) is 50.5 Å². The molecule has 7 nitrogen and oxygen atoms in total. The van der Waals surface area contributed by atoms with Crippen molar-refractivity contribution in [3.8, 4) is 11.4 Å². The van der Waals surface area contributed by atoms with E-state index in [1.54, 1.807) is 18.5 Å². The number of carbonyl (C=O) groups excluding carboxylic acids is 1. The first-order valence-corrected chi connectivity index (χ1v) is 12.1. The average molecular weight is 471 g/mol. The molecule has 5 rings (SSSR count). The number of hydrogen-bond acceptors (Lipinski definition) is 5. The van der Waals surface area contributed by atoms with Crippen molar-refractivity contribution >= 4 is 34.4 Å². The zero-order chi connectivity index (χ0) is 22.8. The summed E-state index contributed by atoms with van der Waals surface area (Å²) in [4.78, 5) is 30.9. The molecule has 174 valence electrons. The van der Waals surface area contributed by atoms with Crippen LogP contribution in [0, 0.1) is 17.7 Å². The van der Waals surface area contributed by atoms with Crippen molar-refractivity contribution in [2.75, 3.05) is 25.0 Å². The number of nitrogens with one attached hydrogen (secondary N) is 2. The van der Waals surface area contributed by atoms with Gasteiger partial charge in [0.1, 0.15) is 5.65 Å². The molecule has 3 aromatic rings. The fourth-order valence-electron chi connectivity index (χ4n) is 5.06. The second-order valence-corrected chi connectivity index (χ2v) is 9.59. The summed E-state index contributed by atoms with van der Waals surface area (Å²) in [6, 6.07) is 1.79. The van der Waals surface area contributed by atoms with Crippen LogP contribution in [0.15, 0.2) is 24.7 Å². The molecular weight excluding hydrogens is 443 g/mol. The van der Waals surface area contributed by atoms with Crippen molar-refractivity contribution in [2.24, 2.45) is 11.8 Å². The summed E-state index contributed by atoms with van der Waals surface area (Å²) in [5, 5.41) is 4.46. The number of likely N-dealkylation sites (tertiary alicyclic amines) is 1. The molecule has 1 aliphatic heterocycles. The van der Waals surface area contributed by atoms with Gasteiger partial charge in [0.2, 0.25) is 5.91 Å². The molecule has 0 radical (unpaired) electrons. The van der Waals surface area contributed by atoms with Gasteiger partial charge < -0.3 is 15.2 Å². The second-order valence-electron chi connectivity index (χ2n) is 9.15. The van der Waals surface area contributed by atoms with Gasteiger partial charge in [0, 0.05) is 48.9 Å². The lowest BCUT2D eigenvalue weighted by Gasteiger charge is -2.36. The summed E-state index contributed by atoms with van der Waals surface area (Å²) in [5.74, 6) is 0.820. The number of H-pyrrole nitrogens is 1. The minimum absolute atomic E-state index is 0.167. The highest BCUT2D eigenvalue weighted by atomic mass is 35.5. The number of aromatic amines is 1. The van der Waals surface area contributed by atoms with Crippen molar-refractivity contribution in [1.82, 2.24) is 24.8 Å². The van der Waals surface area contributed by atoms with Gasteiger partial charge in [-0.25, -0.2) is 19.3 Å². The Balaban J connectivity index is 1.27. The number of anilines is 1. The van der Waals surface area contributed by atoms with Crippen LogP contribution < -0.4 is 5.32 Å². The number of rotatable bonds is 5. The first-order valence-electron chi connectivity index (χ1n) is 11.8. The first-order chi connectivity index (χ1) is 16.1. The molecule has 1 saturated heterocycles. The lowest BCUT2D eigenvalue weighted by molar-refractivity contribution is -0.138. The third-order valence-corrected chi connectivity index (χ3v) is 7.03. The predicted molar refractivity (Wildman–Crippen MR) is 126 cm³/mol. The van der Waals surface area contributed by atoms with Gasteiger partial charge in [-0.1, -0.05) is 30.9 Å². The number of nitrogens with zero attached hydrogens (tertiary/aromatic N) is 4. The van der Waals surface area contributed by atoms with E-state index in [1.165, 1.54) is 12.6 Å². The molecule has 1 saturated carbocycles. The van der Waals surface area contributed by atoms with Crippen LogP contribution in [0.1, 0.15) is 44.9 Å². The molecular formula is C24H28ClFN6O. The molecule has 2 aliphatic rings. The number of halogens is 2. The van der Waals surface area contributed by atoms with Gasteiger partial charge in [-0.3, -0.25) is 4.79 Å². The van der Waals surface area contributed by atoms with Crippen molar-refractivity contribution < 1.29 is 9.18 Å². The SMILES string of the molecule is O=C(C1CCCCC1)N1CCCC(CNc2nc(-c3c[nH]c4ncc(Cl)cc34)ncc2F)C1. The summed E-state index contributed by atoms with van der Waals surface area (Å²) in [6.45, 7) is 2.10. The number of fused-ring (bicyclic) bond motifs is 1. The standard InChI is InChI=1S/C24H28ClFN6O/c25-17-9-18-19(12-29-21(18)28-11-17)22-30-13-20(26)23(31-22)27-10-15-5-4-8-32(14-15)24(33)16-6-2-1-3-7-16/h9,11-13,15-16H,1-8,10,14H2,(H,28,29)(H,27,30,31). The Labute approximate surface area is 197 Å². The largest absolute Gasteiger partial charge is 0.367 e. The molecule has 33 heavy (non-hydrogen) atoms. The monoisotopic (exact) mass is 470 g/mol. The number of hydrogen-bond donors (Lipinski definition) is 2. The van der Waals surface area contributed by atoms with Gasteiger partial charge in [0.05, 0.1) is 11.2 Å². The van der Waals surface area contributed by atoms with Crippen molar-refractivity contribution in [3.63, 3.8) is 0 Å². The Morgan fingerprint density at radius 3 is 2.88 bits per heavy atom. The second kappa shape index (κ2) is 9.63. The number of aromatic nitrogens is 4. The van der Waals surface area contributed by atoms with E-state index in [2.05, 4.69) is 25.3 Å². The van der Waals surface area contributed by atoms with Crippen LogP contribution in [-0.4, -0.2) is 50.4 Å². The molecule has 0 spiro atoms. The molecule has 1 unspecified atom stereocenters. The van der Waals surface area contributed by atoms with Crippen LogP contribution in [0.5, 0.6) is 0 Å². The number of pyridine rings is 1. The van der Waals surface area contributed by atoms with E-state index in [-0.39, 0.29) is 17.7 Å². The van der Waals surface area contributed by atoms with Crippen molar-refractivity contribution in [3.05, 3.63) is 35.5 Å². The normalized spacial score (nSPS) is 19.7. The van der Waals surface area contributed by atoms with E-state index < -0.39 is 5.82 Å². The maximum absolute atomic E-state index is 14.5. The van der Waals surface area contributed by atoms with E-state index in [9.17, 15) is 9.18 Å². The minimum atomic E-state index is -0.499. The maximum Gasteiger partial charge on any atom is 0.225 e. The van der Waals surface area contributed by atoms with Crippen LogP contribution >= 0.6 is 11.6 Å². The average Bonchev–Trinajstić information content (AvgIpc) is 3.27. The van der Waals surface area contributed by atoms with Crippen molar-refractivity contribution in [2.45, 2.75) is 44.9 Å². The third kappa shape index (κ3) is 4.81. The topological polar surface area (TPSA) is 86.8 Å². The van der Waals surface area contributed by atoms with Crippen LogP contribution in [0.3, 0.4) is 0 Å². The van der Waals surface area contributed by atoms with Gasteiger partial charge in [-0.15, -0.1) is 0 Å². The maximum atomic E-state index is 14.5. The van der Waals surface area contributed by atoms with Crippen LogP contribution in [-0.2, 0) is 4.79 Å². The smallest absolute Gasteiger partial charge is 0.225 e. The van der Waals surface area contributed by atoms with E-state index in [0.29, 0.717) is 41.1 Å². The fraction of sp³-hybridized carbons (Fsp3) is 0.500. The molecule has 2 N–H and O–H groups in total. The fourth-order valence-corrected chi connectivity index (χ4v) is 5.22. The van der Waals surface area contributed by atoms with E-state index >= 15 is 0 Å². The van der Waals surface area contributed by atoms with E-state index in [4.69, 9.17) is 11.6 Å². The molecule has 9 heteroatoms. The van der Waals surface area contributed by atoms with Gasteiger partial charge in [-0.2, -0.15) is 0 Å². The molecule has 0 bridgehead atoms. The lowest BCUT2D eigenvalue weighted by atomic mass is 9.87. The predicted octanol–water partition coefficient (Wildman–Crippen LogP) is 5.04. The summed E-state index contributed by atoms with van der Waals surface area (Å²) >= 11 is 6.09. The van der Waals surface area contributed by atoms with Crippen LogP contribution in [0.25, 0.3) is 22.4 Å². The molecule has 3 aromatic heterocycles. The summed E-state index contributed by atoms with van der Waals surface area (Å²) < 4.78 is 14.5. The van der Waals surface area contributed by atoms with Crippen molar-refractivity contribution in [1.29, 1.82) is 0 Å². The van der Waals surface area contributed by atoms with Crippen LogP contribution in [0.4, 0.5) is 10.2 Å². The van der Waals surface area contributed by atoms with Gasteiger partial charge in [-0.05, 0) is 37.7 Å². The molecule has 1 amide bonds. The quantitative estimate of drug-likeness (QED) is 0.545. The van der Waals surface area contributed by atoms with Gasteiger partial charge in [0.15, 0.2) is 17.5 Å². The summed E-state index contributed by atoms with van der Waals surface area (Å²) in [5.41, 5.74) is 1.38. The number of amides is 1. The Morgan fingerprint density at radius 1 is 1.18 bits per heavy atom. The zero-order valence-electron chi connectivity index (χ0n) is 18.5. The minimum Gasteiger partial charge on any atom is -0.367 e. The Kier molecular flexibility index (Phi) is 6.44. The summed E-state index contributed by atoms with van der Waals surface area (Å²) in [6.07, 6.45) is 12.1. The first kappa shape index (κ1) is 22.1. The zero-order valence-corrected chi connectivity index (χ0v) is 19.2. The highest BCUT2D eigenvalue weighted by Gasteiger charge is 2.29.